The molecule has 3 heterocycles. The second-order valence-electron chi connectivity index (χ2n) is 8.19. The van der Waals surface area contributed by atoms with Crippen LogP contribution in [0.2, 0.25) is 5.02 Å². The number of nitrogens with two attached hydrogens (primary N) is 1. The van der Waals surface area contributed by atoms with Crippen LogP contribution in [-0.2, 0) is 6.54 Å². The van der Waals surface area contributed by atoms with Crippen molar-refractivity contribution in [2.45, 2.75) is 38.3 Å². The maximum absolute atomic E-state index is 13.3. The minimum atomic E-state index is -0.265. The van der Waals surface area contributed by atoms with Gasteiger partial charge in [0.25, 0.3) is 17.1 Å². The van der Waals surface area contributed by atoms with Crippen molar-refractivity contribution in [3.8, 4) is 0 Å². The number of amides is 1. The second kappa shape index (κ2) is 8.24. The van der Waals surface area contributed by atoms with Crippen molar-refractivity contribution in [3.05, 3.63) is 81.2 Å². The number of nitrogens with zero attached hydrogens (tertiary/aromatic N) is 3. The van der Waals surface area contributed by atoms with Gasteiger partial charge in [0.15, 0.2) is 0 Å². The fourth-order valence-corrected chi connectivity index (χ4v) is 4.47. The number of aromatic nitrogens is 3. The van der Waals surface area contributed by atoms with Crippen molar-refractivity contribution in [1.29, 1.82) is 0 Å². The van der Waals surface area contributed by atoms with E-state index in [1.807, 2.05) is 18.2 Å². The Balaban J connectivity index is 1.71. The van der Waals surface area contributed by atoms with E-state index in [0.29, 0.717) is 28.2 Å². The van der Waals surface area contributed by atoms with Crippen LogP contribution in [0.5, 0.6) is 0 Å². The van der Waals surface area contributed by atoms with Gasteiger partial charge in [-0.2, -0.15) is 0 Å². The molecule has 0 bridgehead atoms. The highest BCUT2D eigenvalue weighted by molar-refractivity contribution is 6.30. The molecule has 0 unspecified atom stereocenters. The van der Waals surface area contributed by atoms with Crippen molar-refractivity contribution >= 4 is 40.0 Å². The van der Waals surface area contributed by atoms with E-state index >= 15 is 0 Å². The van der Waals surface area contributed by atoms with Gasteiger partial charge in [-0.15, -0.1) is 0 Å². The molecule has 0 radical (unpaired) electrons. The fourth-order valence-electron chi connectivity index (χ4n) is 4.35. The highest BCUT2D eigenvalue weighted by Crippen LogP contribution is 2.20. The van der Waals surface area contributed by atoms with Crippen LogP contribution in [0.4, 0.5) is 5.82 Å². The summed E-state index contributed by atoms with van der Waals surface area (Å²) in [7, 11) is 0. The lowest BCUT2D eigenvalue weighted by atomic mass is 10.1. The molecule has 1 aromatic carbocycles. The number of rotatable bonds is 4. The van der Waals surface area contributed by atoms with Crippen LogP contribution in [0.25, 0.3) is 16.7 Å². The molecule has 1 fully saturated rings. The molecular weight excluding hydrogens is 426 g/mol. The highest BCUT2D eigenvalue weighted by atomic mass is 35.5. The first-order valence-corrected chi connectivity index (χ1v) is 11.1. The molecule has 0 spiro atoms. The third-order valence-corrected chi connectivity index (χ3v) is 6.30. The van der Waals surface area contributed by atoms with Gasteiger partial charge in [-0.05, 0) is 48.7 Å². The number of pyridine rings is 2. The molecule has 1 aliphatic rings. The van der Waals surface area contributed by atoms with Gasteiger partial charge in [0.2, 0.25) is 11.5 Å². The lowest BCUT2D eigenvalue weighted by Gasteiger charge is -2.15. The van der Waals surface area contributed by atoms with Crippen LogP contribution in [0.3, 0.4) is 0 Å². The van der Waals surface area contributed by atoms with Gasteiger partial charge < -0.3 is 11.1 Å². The first-order valence-electron chi connectivity index (χ1n) is 10.7. The zero-order valence-corrected chi connectivity index (χ0v) is 18.2. The van der Waals surface area contributed by atoms with E-state index in [0.717, 1.165) is 31.2 Å². The molecule has 3 aromatic heterocycles. The maximum atomic E-state index is 13.3. The smallest absolute Gasteiger partial charge is 0.278 e. The number of halogens is 1. The summed E-state index contributed by atoms with van der Waals surface area (Å²) in [5, 5.41) is 4.05. The quantitative estimate of drug-likeness (QED) is 0.370. The normalized spacial score (nSPS) is 14.3. The molecule has 4 aromatic rings. The van der Waals surface area contributed by atoms with Crippen LogP contribution in [0.15, 0.2) is 59.5 Å². The molecule has 0 saturated heterocycles. The van der Waals surface area contributed by atoms with Crippen LogP contribution < -0.4 is 21.2 Å². The summed E-state index contributed by atoms with van der Waals surface area (Å²) in [6.07, 6.45) is 5.79. The van der Waals surface area contributed by atoms with E-state index in [1.54, 1.807) is 41.1 Å². The molecule has 32 heavy (non-hydrogen) atoms. The Morgan fingerprint density at radius 3 is 2.69 bits per heavy atom. The Morgan fingerprint density at radius 1 is 1.19 bits per heavy atom. The molecule has 0 atom stereocenters. The van der Waals surface area contributed by atoms with Crippen LogP contribution in [0, 0.1) is 0 Å². The van der Waals surface area contributed by atoms with Crippen LogP contribution in [0.1, 0.15) is 41.6 Å². The monoisotopic (exact) mass is 448 g/mol. The number of carbonyl (C=O) groups excluding carboxylic acids is 1. The summed E-state index contributed by atoms with van der Waals surface area (Å²) < 4.78 is 3.21. The predicted octanol–water partition coefficient (Wildman–Crippen LogP) is 3.09. The zero-order valence-electron chi connectivity index (χ0n) is 17.4. The predicted molar refractivity (Wildman–Crippen MR) is 124 cm³/mol. The van der Waals surface area contributed by atoms with Gasteiger partial charge in [-0.3, -0.25) is 14.0 Å². The molecule has 1 saturated carbocycles. The molecule has 5 rings (SSSR count). The van der Waals surface area contributed by atoms with Gasteiger partial charge in [0.1, 0.15) is 10.9 Å². The first kappa shape index (κ1) is 20.5. The Bertz CT molecular complexity index is 1390. The first-order chi connectivity index (χ1) is 15.5. The minimum absolute atomic E-state index is 0.137. The second-order valence-corrected chi connectivity index (χ2v) is 8.63. The summed E-state index contributed by atoms with van der Waals surface area (Å²) in [4.78, 5) is 31.1. The summed E-state index contributed by atoms with van der Waals surface area (Å²) in [5.41, 5.74) is 8.44. The Hall–Kier alpha value is -3.45. The van der Waals surface area contributed by atoms with E-state index in [9.17, 15) is 9.59 Å². The maximum Gasteiger partial charge on any atom is 0.278 e. The molecule has 7 nitrogen and oxygen atoms in total. The molecule has 3 N–H and O–H groups in total. The number of carbonyl (C=O) groups is 1. The number of nitrogens with one attached hydrogen (secondary N) is 1. The molecule has 1 aliphatic carbocycles. The number of hydrogen-bond donors (Lipinski definition) is 2. The Labute approximate surface area is 189 Å². The van der Waals surface area contributed by atoms with Crippen molar-refractivity contribution in [1.82, 2.24) is 14.7 Å². The van der Waals surface area contributed by atoms with Crippen LogP contribution >= 0.6 is 11.6 Å². The highest BCUT2D eigenvalue weighted by Gasteiger charge is 2.26. The molecule has 162 valence electrons. The lowest BCUT2D eigenvalue weighted by molar-refractivity contribution is -0.649. The summed E-state index contributed by atoms with van der Waals surface area (Å²) >= 11 is 6.03. The molecule has 0 aliphatic heterocycles. The fraction of sp³-hybridized carbons (Fsp3) is 0.250. The molecule has 8 heteroatoms. The number of nitrogen functional groups attached to an aromatic ring is 1. The van der Waals surface area contributed by atoms with Gasteiger partial charge in [0.05, 0.1) is 6.54 Å². The topological polar surface area (TPSA) is 93.4 Å². The lowest BCUT2D eigenvalue weighted by Crippen LogP contribution is -2.44. The van der Waals surface area contributed by atoms with Gasteiger partial charge in [-0.1, -0.05) is 47.6 Å². The van der Waals surface area contributed by atoms with Crippen molar-refractivity contribution in [2.24, 2.45) is 0 Å². The Morgan fingerprint density at radius 2 is 1.94 bits per heavy atom. The average Bonchev–Trinajstić information content (AvgIpc) is 3.30. The van der Waals surface area contributed by atoms with Crippen molar-refractivity contribution in [3.63, 3.8) is 0 Å². The van der Waals surface area contributed by atoms with E-state index in [2.05, 4.69) is 5.32 Å². The van der Waals surface area contributed by atoms with Gasteiger partial charge in [-0.25, -0.2) is 4.57 Å². The van der Waals surface area contributed by atoms with Gasteiger partial charge in [0, 0.05) is 17.3 Å². The van der Waals surface area contributed by atoms with Crippen LogP contribution in [-0.4, -0.2) is 21.3 Å². The van der Waals surface area contributed by atoms with E-state index in [4.69, 9.17) is 22.3 Å². The van der Waals surface area contributed by atoms with E-state index < -0.39 is 0 Å². The summed E-state index contributed by atoms with van der Waals surface area (Å²) in [5.74, 6) is 0.00819. The third-order valence-electron chi connectivity index (χ3n) is 6.05. The summed E-state index contributed by atoms with van der Waals surface area (Å²) in [6, 6.07) is 14.4. The van der Waals surface area contributed by atoms with E-state index in [-0.39, 0.29) is 28.9 Å². The number of fused-ring (bicyclic) bond motifs is 2. The third kappa shape index (κ3) is 3.69. The molecule has 1 amide bonds. The van der Waals surface area contributed by atoms with Crippen molar-refractivity contribution < 1.29 is 9.36 Å². The Kier molecular flexibility index (Phi) is 5.27. The van der Waals surface area contributed by atoms with E-state index in [1.165, 1.54) is 4.40 Å². The zero-order chi connectivity index (χ0) is 22.2. The largest absolute Gasteiger partial charge is 0.349 e. The number of anilines is 1. The number of benzene rings is 1. The number of hydrogen-bond acceptors (Lipinski definition) is 4. The minimum Gasteiger partial charge on any atom is -0.349 e. The standard InChI is InChI=1S/C24H22ClN5O2/c25-16-10-8-15(9-11-16)14-30-21(26)18(23(31)27-17-5-1-2-6-17)13-19-22(30)28-20-7-3-4-12-29(20)24(19)32/h3-4,7-13,17,26H,1-2,5-6,14H2,(H,27,31)/p+1. The van der Waals surface area contributed by atoms with Crippen molar-refractivity contribution in [2.75, 3.05) is 5.73 Å². The summed E-state index contributed by atoms with van der Waals surface area (Å²) in [6.45, 7) is 0.347. The molecular formula is C24H23ClN5O2+. The van der Waals surface area contributed by atoms with Gasteiger partial charge >= 0.3 is 0 Å². The average molecular weight is 449 g/mol. The SMILES string of the molecule is Nc1c(C(=O)NC2CCCC2)cc2c(=O)n3ccccc3nc2[n+]1Cc1ccc(Cl)cc1.